The normalized spacial score (nSPS) is 39.5. The molecule has 0 radical (unpaired) electrons. The molecule has 0 aliphatic carbocycles. The number of hydrogen-bond donors (Lipinski definition) is 1. The third-order valence-electron chi connectivity index (χ3n) is 2.79. The monoisotopic (exact) mass is 254 g/mol. The summed E-state index contributed by atoms with van der Waals surface area (Å²) in [5.74, 6) is 0. The minimum absolute atomic E-state index is 0.438. The minimum atomic E-state index is -2.42. The van der Waals surface area contributed by atoms with E-state index in [2.05, 4.69) is 0 Å². The molecule has 6 heteroatoms. The fraction of sp³-hybridized carbons (Fsp3) is 1.00. The molecule has 15 heavy (non-hydrogen) atoms. The summed E-state index contributed by atoms with van der Waals surface area (Å²) in [6.07, 6.45) is 0. The van der Waals surface area contributed by atoms with E-state index in [1.54, 1.807) is 13.8 Å². The molecule has 3 aliphatic rings. The van der Waals surface area contributed by atoms with E-state index in [1.165, 1.54) is 0 Å². The van der Waals surface area contributed by atoms with Crippen LogP contribution in [0.5, 0.6) is 0 Å². The molecule has 0 amide bonds. The van der Waals surface area contributed by atoms with Gasteiger partial charge in [0.2, 0.25) is 0 Å². The maximum atomic E-state index is 9.94. The Hall–Kier alpha value is 0.490. The van der Waals surface area contributed by atoms with Gasteiger partial charge in [0.15, 0.2) is 0 Å². The van der Waals surface area contributed by atoms with Gasteiger partial charge in [-0.25, -0.2) is 0 Å². The van der Waals surface area contributed by atoms with Gasteiger partial charge in [-0.2, -0.15) is 0 Å². The molecule has 0 spiro atoms. The Morgan fingerprint density at radius 2 is 1.47 bits per heavy atom. The molecule has 2 bridgehead atoms. The Morgan fingerprint density at radius 3 is 1.73 bits per heavy atom. The molecule has 0 unspecified atom stereocenters. The van der Waals surface area contributed by atoms with Crippen molar-refractivity contribution in [2.75, 3.05) is 19.8 Å². The summed E-state index contributed by atoms with van der Waals surface area (Å²) in [5, 5.41) is 9.94. The molecular formula is C9H19O4PS. The van der Waals surface area contributed by atoms with Crippen LogP contribution >= 0.6 is 6.72 Å². The van der Waals surface area contributed by atoms with E-state index in [1.807, 2.05) is 13.8 Å². The highest BCUT2D eigenvalue weighted by atomic mass is 32.5. The quantitative estimate of drug-likeness (QED) is 0.726. The lowest BCUT2D eigenvalue weighted by molar-refractivity contribution is -0.172. The maximum absolute atomic E-state index is 9.94. The van der Waals surface area contributed by atoms with Crippen LogP contribution in [0.3, 0.4) is 0 Å². The Morgan fingerprint density at radius 1 is 1.13 bits per heavy atom. The van der Waals surface area contributed by atoms with Gasteiger partial charge in [0, 0.05) is 0 Å². The van der Waals surface area contributed by atoms with E-state index in [-0.39, 0.29) is 0 Å². The highest BCUT2D eigenvalue weighted by Gasteiger charge is 2.55. The van der Waals surface area contributed by atoms with Crippen LogP contribution in [-0.4, -0.2) is 30.5 Å². The number of hydrogen-bond acceptors (Lipinski definition) is 5. The van der Waals surface area contributed by atoms with Gasteiger partial charge in [0.1, 0.15) is 0 Å². The van der Waals surface area contributed by atoms with Gasteiger partial charge >= 0.3 is 6.72 Å². The van der Waals surface area contributed by atoms with Crippen LogP contribution in [-0.2, 0) is 25.4 Å². The molecule has 0 aromatic carbocycles. The first kappa shape index (κ1) is 13.6. The summed E-state index contributed by atoms with van der Waals surface area (Å²) >= 11 is 5.03. The van der Waals surface area contributed by atoms with Gasteiger partial charge in [-0.05, 0) is 25.7 Å². The Balaban J connectivity index is 0.000000531. The van der Waals surface area contributed by atoms with E-state index in [0.29, 0.717) is 19.8 Å². The van der Waals surface area contributed by atoms with Crippen LogP contribution in [0.2, 0.25) is 0 Å². The zero-order valence-electron chi connectivity index (χ0n) is 9.65. The number of rotatable bonds is 1. The van der Waals surface area contributed by atoms with Crippen LogP contribution < -0.4 is 0 Å². The Kier molecular flexibility index (Phi) is 3.97. The van der Waals surface area contributed by atoms with E-state index in [0.717, 1.165) is 0 Å². The molecule has 3 aliphatic heterocycles. The van der Waals surface area contributed by atoms with Gasteiger partial charge < -0.3 is 18.7 Å². The van der Waals surface area contributed by atoms with Crippen molar-refractivity contribution in [3.05, 3.63) is 0 Å². The number of fused-ring (bicyclic) bond motifs is 3. The van der Waals surface area contributed by atoms with Crippen molar-refractivity contribution >= 4 is 18.5 Å². The Bertz CT molecular complexity index is 242. The molecule has 0 atom stereocenters. The molecule has 0 aromatic rings. The third-order valence-corrected chi connectivity index (χ3v) is 5.08. The summed E-state index contributed by atoms with van der Waals surface area (Å²) in [4.78, 5) is 0. The SMILES string of the molecule is CC.CC(C)(O)C12COP(=S)(OC1)OC2. The standard InChI is InChI=1S/C7H13O4PS.C2H6/c1-6(2,8)7-3-9-12(13,10-4-7)11-5-7;1-2/h8H,3-5H2,1-2H3;1-2H3. The van der Waals surface area contributed by atoms with Gasteiger partial charge in [-0.1, -0.05) is 13.8 Å². The molecule has 1 N–H and O–H groups in total. The van der Waals surface area contributed by atoms with Crippen LogP contribution in [0, 0.1) is 5.41 Å². The zero-order valence-corrected chi connectivity index (χ0v) is 11.4. The highest BCUT2D eigenvalue weighted by molar-refractivity contribution is 8.07. The maximum Gasteiger partial charge on any atom is 0.327 e. The van der Waals surface area contributed by atoms with E-state index in [4.69, 9.17) is 25.4 Å². The van der Waals surface area contributed by atoms with Gasteiger partial charge in [-0.3, -0.25) is 0 Å². The summed E-state index contributed by atoms with van der Waals surface area (Å²) < 4.78 is 15.9. The van der Waals surface area contributed by atoms with Crippen molar-refractivity contribution in [1.82, 2.24) is 0 Å². The second-order valence-corrected chi connectivity index (χ2v) is 7.12. The van der Waals surface area contributed by atoms with Crippen molar-refractivity contribution in [2.45, 2.75) is 33.3 Å². The predicted molar refractivity (Wildman–Crippen MR) is 62.2 cm³/mol. The van der Waals surface area contributed by atoms with Gasteiger partial charge in [0.05, 0.1) is 30.8 Å². The summed E-state index contributed by atoms with van der Waals surface area (Å²) in [6, 6.07) is 0. The molecule has 3 heterocycles. The first-order valence-electron chi connectivity index (χ1n) is 5.13. The van der Waals surface area contributed by atoms with Gasteiger partial charge in [-0.15, -0.1) is 0 Å². The first-order chi connectivity index (χ1) is 6.87. The Labute approximate surface area is 96.2 Å². The lowest BCUT2D eigenvalue weighted by Crippen LogP contribution is -2.57. The van der Waals surface area contributed by atoms with Crippen LogP contribution in [0.1, 0.15) is 27.7 Å². The predicted octanol–water partition coefficient (Wildman–Crippen LogP) is 2.07. The smallest absolute Gasteiger partial charge is 0.327 e. The van der Waals surface area contributed by atoms with E-state index >= 15 is 0 Å². The topological polar surface area (TPSA) is 47.9 Å². The second kappa shape index (κ2) is 4.40. The number of aliphatic hydroxyl groups is 1. The lowest BCUT2D eigenvalue weighted by atomic mass is 9.75. The zero-order chi connectivity index (χ0) is 11.7. The summed E-state index contributed by atoms with van der Waals surface area (Å²) in [6.45, 7) is 6.38. The fourth-order valence-electron chi connectivity index (χ4n) is 1.37. The molecule has 3 saturated heterocycles. The first-order valence-corrected chi connectivity index (χ1v) is 7.69. The molecule has 0 saturated carbocycles. The molecule has 3 fully saturated rings. The molecule has 3 rings (SSSR count). The van der Waals surface area contributed by atoms with Crippen LogP contribution in [0.15, 0.2) is 0 Å². The van der Waals surface area contributed by atoms with Gasteiger partial charge in [0.25, 0.3) is 0 Å². The minimum Gasteiger partial charge on any atom is -0.390 e. The van der Waals surface area contributed by atoms with Crippen LogP contribution in [0.4, 0.5) is 0 Å². The van der Waals surface area contributed by atoms with Crippen molar-refractivity contribution in [3.63, 3.8) is 0 Å². The van der Waals surface area contributed by atoms with Crippen molar-refractivity contribution in [1.29, 1.82) is 0 Å². The summed E-state index contributed by atoms with van der Waals surface area (Å²) in [7, 11) is 0. The lowest BCUT2D eigenvalue weighted by Gasteiger charge is -2.51. The van der Waals surface area contributed by atoms with Crippen molar-refractivity contribution in [2.24, 2.45) is 5.41 Å². The second-order valence-electron chi connectivity index (χ2n) is 4.11. The highest BCUT2D eigenvalue weighted by Crippen LogP contribution is 2.62. The molecule has 4 nitrogen and oxygen atoms in total. The van der Waals surface area contributed by atoms with E-state index in [9.17, 15) is 5.11 Å². The van der Waals surface area contributed by atoms with Crippen LogP contribution in [0.25, 0.3) is 0 Å². The average Bonchev–Trinajstić information content (AvgIpc) is 2.21. The van der Waals surface area contributed by atoms with Crippen molar-refractivity contribution in [3.8, 4) is 0 Å². The van der Waals surface area contributed by atoms with Crippen molar-refractivity contribution < 1.29 is 18.7 Å². The fourth-order valence-corrected chi connectivity index (χ4v) is 3.29. The largest absolute Gasteiger partial charge is 0.390 e. The molecule has 90 valence electrons. The molecule has 0 aromatic heterocycles. The third kappa shape index (κ3) is 2.43. The summed E-state index contributed by atoms with van der Waals surface area (Å²) in [5.41, 5.74) is -1.32. The van der Waals surface area contributed by atoms with E-state index < -0.39 is 17.7 Å². The molecular weight excluding hydrogens is 235 g/mol. The average molecular weight is 254 g/mol.